The highest BCUT2D eigenvalue weighted by atomic mass is 35.5. The summed E-state index contributed by atoms with van der Waals surface area (Å²) in [6.07, 6.45) is 2.49. The number of nitrogens with one attached hydrogen (secondary N) is 1. The Balaban J connectivity index is 0.00000162. The zero-order valence-electron chi connectivity index (χ0n) is 11.7. The first-order valence-corrected chi connectivity index (χ1v) is 6.73. The summed E-state index contributed by atoms with van der Waals surface area (Å²) in [6, 6.07) is 0. The van der Waals surface area contributed by atoms with Crippen LogP contribution < -0.4 is 5.32 Å². The Morgan fingerprint density at radius 1 is 1.28 bits per heavy atom. The second-order valence-electron chi connectivity index (χ2n) is 5.93. The van der Waals surface area contributed by atoms with Crippen molar-refractivity contribution < 1.29 is 4.79 Å². The summed E-state index contributed by atoms with van der Waals surface area (Å²) in [5, 5.41) is 3.39. The molecule has 1 N–H and O–H groups in total. The number of amides is 1. The van der Waals surface area contributed by atoms with Crippen molar-refractivity contribution in [2.75, 3.05) is 39.8 Å². The number of likely N-dealkylation sites (N-methyl/N-ethyl adjacent to an activating group) is 1. The van der Waals surface area contributed by atoms with Crippen molar-refractivity contribution in [3.63, 3.8) is 0 Å². The van der Waals surface area contributed by atoms with Gasteiger partial charge >= 0.3 is 0 Å². The molecule has 2 heterocycles. The van der Waals surface area contributed by atoms with Crippen molar-refractivity contribution >= 4 is 18.3 Å². The molecule has 4 nitrogen and oxygen atoms in total. The first-order valence-electron chi connectivity index (χ1n) is 6.73. The van der Waals surface area contributed by atoms with Crippen LogP contribution in [0.5, 0.6) is 0 Å². The molecule has 0 unspecified atom stereocenters. The molecule has 2 fully saturated rings. The standard InChI is InChI=1S/C13H25N3O.ClH/c1-13(2)12(17)15(3)8-9-16(13)10-11-4-6-14-7-5-11;/h11,14H,4-10H2,1-3H3;1H. The number of rotatable bonds is 2. The minimum absolute atomic E-state index is 0. The molecule has 0 bridgehead atoms. The molecule has 106 valence electrons. The van der Waals surface area contributed by atoms with Crippen molar-refractivity contribution in [3.8, 4) is 0 Å². The van der Waals surface area contributed by atoms with Gasteiger partial charge in [0.1, 0.15) is 0 Å². The minimum Gasteiger partial charge on any atom is -0.343 e. The quantitative estimate of drug-likeness (QED) is 0.816. The van der Waals surface area contributed by atoms with Gasteiger partial charge in [0.2, 0.25) is 5.91 Å². The lowest BCUT2D eigenvalue weighted by molar-refractivity contribution is -0.147. The van der Waals surface area contributed by atoms with Crippen LogP contribution >= 0.6 is 12.4 Å². The SMILES string of the molecule is CN1CCN(CC2CCNCC2)C(C)(C)C1=O.Cl. The van der Waals surface area contributed by atoms with Crippen LogP contribution in [-0.4, -0.2) is 61.0 Å². The molecule has 0 aromatic heterocycles. The molecule has 0 spiro atoms. The molecule has 2 saturated heterocycles. The molecule has 1 amide bonds. The van der Waals surface area contributed by atoms with Crippen LogP contribution in [-0.2, 0) is 4.79 Å². The lowest BCUT2D eigenvalue weighted by Crippen LogP contribution is -2.63. The largest absolute Gasteiger partial charge is 0.343 e. The van der Waals surface area contributed by atoms with E-state index in [1.807, 2.05) is 11.9 Å². The van der Waals surface area contributed by atoms with Crippen LogP contribution in [0.1, 0.15) is 26.7 Å². The second-order valence-corrected chi connectivity index (χ2v) is 5.93. The highest BCUT2D eigenvalue weighted by Crippen LogP contribution is 2.25. The van der Waals surface area contributed by atoms with Crippen molar-refractivity contribution in [1.29, 1.82) is 0 Å². The summed E-state index contributed by atoms with van der Waals surface area (Å²) in [6.45, 7) is 9.35. The van der Waals surface area contributed by atoms with Gasteiger partial charge in [-0.25, -0.2) is 0 Å². The molecule has 2 aliphatic rings. The third-order valence-corrected chi connectivity index (χ3v) is 4.30. The monoisotopic (exact) mass is 275 g/mol. The van der Waals surface area contributed by atoms with Gasteiger partial charge in [-0.05, 0) is 45.7 Å². The number of halogens is 1. The van der Waals surface area contributed by atoms with Crippen molar-refractivity contribution in [2.45, 2.75) is 32.2 Å². The molecule has 0 aromatic rings. The van der Waals surface area contributed by atoms with Gasteiger partial charge in [-0.15, -0.1) is 12.4 Å². The lowest BCUT2D eigenvalue weighted by atomic mass is 9.92. The van der Waals surface area contributed by atoms with E-state index in [2.05, 4.69) is 24.1 Å². The number of nitrogens with zero attached hydrogens (tertiary/aromatic N) is 2. The Kier molecular flexibility index (Phi) is 5.44. The summed E-state index contributed by atoms with van der Waals surface area (Å²) in [5.74, 6) is 1.02. The van der Waals surface area contributed by atoms with Gasteiger partial charge in [0.25, 0.3) is 0 Å². The predicted molar refractivity (Wildman–Crippen MR) is 76.1 cm³/mol. The fraction of sp³-hybridized carbons (Fsp3) is 0.923. The van der Waals surface area contributed by atoms with E-state index in [9.17, 15) is 4.79 Å². The number of hydrogen-bond donors (Lipinski definition) is 1. The molecule has 0 aliphatic carbocycles. The first kappa shape index (κ1) is 15.7. The zero-order chi connectivity index (χ0) is 12.5. The zero-order valence-corrected chi connectivity index (χ0v) is 12.6. The van der Waals surface area contributed by atoms with Crippen molar-refractivity contribution in [1.82, 2.24) is 15.1 Å². The van der Waals surface area contributed by atoms with Crippen LogP contribution in [0.15, 0.2) is 0 Å². The lowest BCUT2D eigenvalue weighted by Gasteiger charge is -2.46. The van der Waals surface area contributed by atoms with Gasteiger partial charge in [0.05, 0.1) is 5.54 Å². The van der Waals surface area contributed by atoms with Crippen molar-refractivity contribution in [2.24, 2.45) is 5.92 Å². The van der Waals surface area contributed by atoms with E-state index in [-0.39, 0.29) is 23.9 Å². The van der Waals surface area contributed by atoms with E-state index in [1.54, 1.807) is 0 Å². The Hall–Kier alpha value is -0.320. The van der Waals surface area contributed by atoms with E-state index in [4.69, 9.17) is 0 Å². The van der Waals surface area contributed by atoms with Gasteiger partial charge in [0, 0.05) is 26.7 Å². The molecule has 0 atom stereocenters. The molecule has 0 radical (unpaired) electrons. The maximum absolute atomic E-state index is 12.2. The van der Waals surface area contributed by atoms with Gasteiger partial charge in [-0.3, -0.25) is 9.69 Å². The van der Waals surface area contributed by atoms with Gasteiger partial charge in [-0.2, -0.15) is 0 Å². The first-order chi connectivity index (χ1) is 8.01. The molecule has 0 saturated carbocycles. The van der Waals surface area contributed by atoms with Gasteiger partial charge in [-0.1, -0.05) is 0 Å². The fourth-order valence-electron chi connectivity index (χ4n) is 2.95. The number of piperazine rings is 1. The molecule has 0 aromatic carbocycles. The van der Waals surface area contributed by atoms with Crippen LogP contribution in [0.4, 0.5) is 0 Å². The normalized spacial score (nSPS) is 25.9. The Morgan fingerprint density at radius 2 is 1.89 bits per heavy atom. The van der Waals surface area contributed by atoms with E-state index in [0.29, 0.717) is 0 Å². The number of hydrogen-bond acceptors (Lipinski definition) is 3. The average Bonchev–Trinajstić information content (AvgIpc) is 2.32. The predicted octanol–water partition coefficient (Wildman–Crippen LogP) is 0.960. The summed E-state index contributed by atoms with van der Waals surface area (Å²) in [7, 11) is 1.91. The van der Waals surface area contributed by atoms with Crippen LogP contribution in [0.2, 0.25) is 0 Å². The van der Waals surface area contributed by atoms with E-state index >= 15 is 0 Å². The third-order valence-electron chi connectivity index (χ3n) is 4.30. The maximum atomic E-state index is 12.2. The van der Waals surface area contributed by atoms with Crippen molar-refractivity contribution in [3.05, 3.63) is 0 Å². The van der Waals surface area contributed by atoms with Gasteiger partial charge < -0.3 is 10.2 Å². The number of carbonyl (C=O) groups is 1. The molecule has 5 heteroatoms. The summed E-state index contributed by atoms with van der Waals surface area (Å²) in [5.41, 5.74) is -0.322. The van der Waals surface area contributed by atoms with E-state index < -0.39 is 0 Å². The Bertz CT molecular complexity index is 290. The highest BCUT2D eigenvalue weighted by Gasteiger charge is 2.40. The smallest absolute Gasteiger partial charge is 0.242 e. The molecule has 2 rings (SSSR count). The summed E-state index contributed by atoms with van der Waals surface area (Å²) >= 11 is 0. The third kappa shape index (κ3) is 3.16. The topological polar surface area (TPSA) is 35.6 Å². The second kappa shape index (κ2) is 6.22. The minimum atomic E-state index is -0.322. The number of carbonyl (C=O) groups excluding carboxylic acids is 1. The van der Waals surface area contributed by atoms with E-state index in [1.165, 1.54) is 12.8 Å². The van der Waals surface area contributed by atoms with E-state index in [0.717, 1.165) is 38.6 Å². The summed E-state index contributed by atoms with van der Waals surface area (Å²) < 4.78 is 0. The molecule has 2 aliphatic heterocycles. The maximum Gasteiger partial charge on any atom is 0.242 e. The Morgan fingerprint density at radius 3 is 2.50 bits per heavy atom. The van der Waals surface area contributed by atoms with Crippen LogP contribution in [0.25, 0.3) is 0 Å². The van der Waals surface area contributed by atoms with Gasteiger partial charge in [0.15, 0.2) is 0 Å². The number of piperidine rings is 1. The fourth-order valence-corrected chi connectivity index (χ4v) is 2.95. The highest BCUT2D eigenvalue weighted by molar-refractivity contribution is 5.86. The van der Waals surface area contributed by atoms with Crippen LogP contribution in [0, 0.1) is 5.92 Å². The molecular weight excluding hydrogens is 250 g/mol. The molecular formula is C13H26ClN3O. The average molecular weight is 276 g/mol. The molecule has 18 heavy (non-hydrogen) atoms. The Labute approximate surface area is 116 Å². The van der Waals surface area contributed by atoms with Crippen LogP contribution in [0.3, 0.4) is 0 Å². The summed E-state index contributed by atoms with van der Waals surface area (Å²) in [4.78, 5) is 16.4.